The van der Waals surface area contributed by atoms with Gasteiger partial charge >= 0.3 is 0 Å². The summed E-state index contributed by atoms with van der Waals surface area (Å²) in [5.74, 6) is 0.759. The van der Waals surface area contributed by atoms with Gasteiger partial charge in [0, 0.05) is 0 Å². The lowest BCUT2D eigenvalue weighted by Crippen LogP contribution is -2.43. The number of nitrogens with zero attached hydrogens (tertiary/aromatic N) is 1. The van der Waals surface area contributed by atoms with Crippen molar-refractivity contribution >= 4 is 0 Å². The number of ether oxygens (including phenoxy) is 1. The molecule has 54 valence electrons. The minimum atomic E-state index is -0.366. The molecule has 0 spiro atoms. The Morgan fingerprint density at radius 2 is 2.10 bits per heavy atom. The molecule has 3 fully saturated rings. The Bertz CT molecular complexity index is 160. The van der Waals surface area contributed by atoms with Crippen LogP contribution < -0.4 is 0 Å². The summed E-state index contributed by atoms with van der Waals surface area (Å²) in [5.41, 5.74) is -0.366. The van der Waals surface area contributed by atoms with Gasteiger partial charge in [-0.05, 0) is 31.6 Å². The molecular weight excluding hydrogens is 126 g/mol. The van der Waals surface area contributed by atoms with Gasteiger partial charge in [0.05, 0.1) is 12.7 Å². The van der Waals surface area contributed by atoms with Crippen molar-refractivity contribution in [1.82, 2.24) is 0 Å². The SMILES string of the molecule is N#CC12CCC(CC1)CO2. The van der Waals surface area contributed by atoms with E-state index in [1.165, 1.54) is 12.8 Å². The molecule has 2 bridgehead atoms. The van der Waals surface area contributed by atoms with E-state index in [4.69, 9.17) is 10.00 Å². The second-order valence-corrected chi connectivity index (χ2v) is 3.36. The molecule has 3 rings (SSSR count). The van der Waals surface area contributed by atoms with Crippen molar-refractivity contribution in [2.45, 2.75) is 31.3 Å². The number of hydrogen-bond acceptors (Lipinski definition) is 2. The minimum absolute atomic E-state index is 0.366. The fraction of sp³-hybridized carbons (Fsp3) is 0.875. The van der Waals surface area contributed by atoms with Gasteiger partial charge in [0.15, 0.2) is 5.60 Å². The first-order valence-corrected chi connectivity index (χ1v) is 3.90. The van der Waals surface area contributed by atoms with Crippen molar-refractivity contribution in [3.63, 3.8) is 0 Å². The number of nitriles is 1. The average molecular weight is 137 g/mol. The molecule has 2 heterocycles. The molecule has 0 atom stereocenters. The third-order valence-electron chi connectivity index (χ3n) is 2.71. The molecule has 2 heteroatoms. The normalized spacial score (nSPS) is 44.9. The second kappa shape index (κ2) is 1.96. The molecule has 3 aliphatic rings. The zero-order valence-corrected chi connectivity index (χ0v) is 5.97. The van der Waals surface area contributed by atoms with Gasteiger partial charge in [0.2, 0.25) is 0 Å². The maximum Gasteiger partial charge on any atom is 0.154 e. The summed E-state index contributed by atoms with van der Waals surface area (Å²) in [6, 6.07) is 2.28. The van der Waals surface area contributed by atoms with Crippen molar-refractivity contribution < 1.29 is 4.74 Å². The first kappa shape index (κ1) is 6.18. The van der Waals surface area contributed by atoms with Crippen molar-refractivity contribution in [1.29, 1.82) is 5.26 Å². The maximum atomic E-state index is 8.79. The van der Waals surface area contributed by atoms with Gasteiger partial charge in [0.25, 0.3) is 0 Å². The summed E-state index contributed by atoms with van der Waals surface area (Å²) >= 11 is 0. The van der Waals surface area contributed by atoms with Crippen molar-refractivity contribution in [2.75, 3.05) is 6.61 Å². The molecule has 2 saturated heterocycles. The molecule has 0 N–H and O–H groups in total. The van der Waals surface area contributed by atoms with E-state index in [1.807, 2.05) is 0 Å². The molecule has 10 heavy (non-hydrogen) atoms. The molecule has 1 saturated carbocycles. The van der Waals surface area contributed by atoms with Crippen LogP contribution in [0, 0.1) is 17.2 Å². The molecule has 1 aliphatic carbocycles. The quantitative estimate of drug-likeness (QED) is 0.506. The van der Waals surface area contributed by atoms with Crippen LogP contribution in [0.2, 0.25) is 0 Å². The molecule has 0 aromatic carbocycles. The Kier molecular flexibility index (Phi) is 1.21. The lowest BCUT2D eigenvalue weighted by atomic mass is 9.77. The van der Waals surface area contributed by atoms with Crippen LogP contribution in [0.3, 0.4) is 0 Å². The van der Waals surface area contributed by atoms with Crippen LogP contribution in [0.15, 0.2) is 0 Å². The van der Waals surface area contributed by atoms with Crippen LogP contribution in [0.1, 0.15) is 25.7 Å². The van der Waals surface area contributed by atoms with Gasteiger partial charge in [-0.1, -0.05) is 0 Å². The summed E-state index contributed by atoms with van der Waals surface area (Å²) in [4.78, 5) is 0. The highest BCUT2D eigenvalue weighted by molar-refractivity contribution is 5.07. The van der Waals surface area contributed by atoms with E-state index in [0.717, 1.165) is 25.4 Å². The van der Waals surface area contributed by atoms with Crippen LogP contribution in [-0.4, -0.2) is 12.2 Å². The molecule has 2 aliphatic heterocycles. The Balaban J connectivity index is 2.17. The summed E-state index contributed by atoms with van der Waals surface area (Å²) < 4.78 is 5.45. The van der Waals surface area contributed by atoms with Gasteiger partial charge in [-0.2, -0.15) is 5.26 Å². The zero-order chi connectivity index (χ0) is 7.03. The highest BCUT2D eigenvalue weighted by Crippen LogP contribution is 2.40. The summed E-state index contributed by atoms with van der Waals surface area (Å²) in [6.07, 6.45) is 4.34. The highest BCUT2D eigenvalue weighted by atomic mass is 16.5. The fourth-order valence-electron chi connectivity index (χ4n) is 1.88. The predicted octanol–water partition coefficient (Wildman–Crippen LogP) is 1.47. The summed E-state index contributed by atoms with van der Waals surface area (Å²) in [6.45, 7) is 0.827. The molecule has 0 aromatic heterocycles. The molecular formula is C8H11NO. The largest absolute Gasteiger partial charge is 0.360 e. The van der Waals surface area contributed by atoms with Crippen LogP contribution >= 0.6 is 0 Å². The van der Waals surface area contributed by atoms with E-state index in [2.05, 4.69) is 6.07 Å². The third-order valence-corrected chi connectivity index (χ3v) is 2.71. The molecule has 0 amide bonds. The number of rotatable bonds is 0. The number of hydrogen-bond donors (Lipinski definition) is 0. The van der Waals surface area contributed by atoms with Gasteiger partial charge in [-0.25, -0.2) is 0 Å². The first-order valence-electron chi connectivity index (χ1n) is 3.90. The van der Waals surface area contributed by atoms with E-state index in [9.17, 15) is 0 Å². The van der Waals surface area contributed by atoms with Crippen LogP contribution in [0.25, 0.3) is 0 Å². The van der Waals surface area contributed by atoms with Gasteiger partial charge in [-0.3, -0.25) is 0 Å². The van der Waals surface area contributed by atoms with Crippen LogP contribution in [0.4, 0.5) is 0 Å². The molecule has 0 aromatic rings. The van der Waals surface area contributed by atoms with E-state index in [-0.39, 0.29) is 5.60 Å². The Labute approximate surface area is 60.8 Å². The summed E-state index contributed by atoms with van der Waals surface area (Å²) in [5, 5.41) is 8.79. The van der Waals surface area contributed by atoms with Gasteiger partial charge in [0.1, 0.15) is 0 Å². The van der Waals surface area contributed by atoms with Crippen molar-refractivity contribution in [3.05, 3.63) is 0 Å². The monoisotopic (exact) mass is 137 g/mol. The van der Waals surface area contributed by atoms with E-state index in [0.29, 0.717) is 0 Å². The van der Waals surface area contributed by atoms with Gasteiger partial charge < -0.3 is 4.74 Å². The second-order valence-electron chi connectivity index (χ2n) is 3.36. The standard InChI is InChI=1S/C8H11NO/c9-6-8-3-1-7(2-4-8)5-10-8/h7H,1-5H2. The Hall–Kier alpha value is -0.550. The lowest BCUT2D eigenvalue weighted by Gasteiger charge is -2.41. The summed E-state index contributed by atoms with van der Waals surface area (Å²) in [7, 11) is 0. The lowest BCUT2D eigenvalue weighted by molar-refractivity contribution is -0.108. The Morgan fingerprint density at radius 1 is 1.40 bits per heavy atom. The molecule has 0 radical (unpaired) electrons. The average Bonchev–Trinajstić information content (AvgIpc) is 2.08. The van der Waals surface area contributed by atoms with E-state index < -0.39 is 0 Å². The van der Waals surface area contributed by atoms with Crippen LogP contribution in [-0.2, 0) is 4.74 Å². The molecule has 0 unspecified atom stereocenters. The van der Waals surface area contributed by atoms with Crippen molar-refractivity contribution in [3.8, 4) is 6.07 Å². The van der Waals surface area contributed by atoms with Crippen molar-refractivity contribution in [2.24, 2.45) is 5.92 Å². The molecule has 2 nitrogen and oxygen atoms in total. The Morgan fingerprint density at radius 3 is 2.40 bits per heavy atom. The topological polar surface area (TPSA) is 33.0 Å². The zero-order valence-electron chi connectivity index (χ0n) is 5.97. The predicted molar refractivity (Wildman–Crippen MR) is 36.3 cm³/mol. The maximum absolute atomic E-state index is 8.79. The minimum Gasteiger partial charge on any atom is -0.360 e. The fourth-order valence-corrected chi connectivity index (χ4v) is 1.88. The first-order chi connectivity index (χ1) is 4.85. The highest BCUT2D eigenvalue weighted by Gasteiger charge is 2.41. The van der Waals surface area contributed by atoms with Crippen LogP contribution in [0.5, 0.6) is 0 Å². The van der Waals surface area contributed by atoms with E-state index >= 15 is 0 Å². The smallest absolute Gasteiger partial charge is 0.154 e. The third kappa shape index (κ3) is 0.741. The number of fused-ring (bicyclic) bond motifs is 3. The van der Waals surface area contributed by atoms with E-state index in [1.54, 1.807) is 0 Å². The van der Waals surface area contributed by atoms with Gasteiger partial charge in [-0.15, -0.1) is 0 Å².